The van der Waals surface area contributed by atoms with Crippen molar-refractivity contribution in [3.05, 3.63) is 56.8 Å². The number of rotatable bonds is 4. The normalized spacial score (nSPS) is 18.7. The van der Waals surface area contributed by atoms with E-state index in [1.54, 1.807) is 25.3 Å². The zero-order valence-corrected chi connectivity index (χ0v) is 18.1. The van der Waals surface area contributed by atoms with Crippen LogP contribution in [0, 0.1) is 6.92 Å². The molecule has 0 N–H and O–H groups in total. The summed E-state index contributed by atoms with van der Waals surface area (Å²) < 4.78 is 28.1. The van der Waals surface area contributed by atoms with E-state index in [1.165, 1.54) is 0 Å². The average Bonchev–Trinajstić information content (AvgIpc) is 3.08. The molecule has 3 aliphatic heterocycles. The molecule has 0 fully saturated rings. The van der Waals surface area contributed by atoms with Gasteiger partial charge in [0.05, 0.1) is 18.8 Å². The number of allylic oxidation sites excluding steroid dienone is 1. The summed E-state index contributed by atoms with van der Waals surface area (Å²) in [6.45, 7) is 5.02. The number of hydrogen-bond acceptors (Lipinski definition) is 7. The van der Waals surface area contributed by atoms with Gasteiger partial charge in [-0.1, -0.05) is 11.6 Å². The molecule has 0 aromatic heterocycles. The van der Waals surface area contributed by atoms with E-state index >= 15 is 0 Å². The average molecular weight is 444 g/mol. The summed E-state index contributed by atoms with van der Waals surface area (Å²) in [6.07, 6.45) is 1.68. The quantitative estimate of drug-likeness (QED) is 0.663. The van der Waals surface area contributed by atoms with Crippen molar-refractivity contribution in [1.29, 1.82) is 0 Å². The molecule has 0 bridgehead atoms. The smallest absolute Gasteiger partial charge is 0.231 e. The van der Waals surface area contributed by atoms with E-state index < -0.39 is 0 Å². The second-order valence-electron chi connectivity index (χ2n) is 7.72. The molecule has 7 nitrogen and oxygen atoms in total. The van der Waals surface area contributed by atoms with Crippen LogP contribution in [0.25, 0.3) is 6.08 Å². The fourth-order valence-corrected chi connectivity index (χ4v) is 4.37. The Labute approximate surface area is 185 Å². The van der Waals surface area contributed by atoms with Crippen molar-refractivity contribution in [3.8, 4) is 17.2 Å². The molecule has 0 spiro atoms. The van der Waals surface area contributed by atoms with Crippen molar-refractivity contribution in [1.82, 2.24) is 4.90 Å². The first kappa shape index (κ1) is 20.3. The monoisotopic (exact) mass is 443 g/mol. The minimum absolute atomic E-state index is 0.155. The molecule has 8 heteroatoms. The lowest BCUT2D eigenvalue weighted by Crippen LogP contribution is -2.34. The maximum absolute atomic E-state index is 13.2. The maximum Gasteiger partial charge on any atom is 0.231 e. The van der Waals surface area contributed by atoms with Crippen LogP contribution in [-0.4, -0.2) is 44.5 Å². The Morgan fingerprint density at radius 3 is 2.87 bits per heavy atom. The van der Waals surface area contributed by atoms with Gasteiger partial charge in [0.15, 0.2) is 12.6 Å². The number of nitrogens with zero attached hydrogens (tertiary/aromatic N) is 1. The van der Waals surface area contributed by atoms with E-state index in [1.807, 2.05) is 13.0 Å². The lowest BCUT2D eigenvalue weighted by Gasteiger charge is -2.30. The third-order valence-electron chi connectivity index (χ3n) is 5.60. The number of Topliss-reactive ketones (excluding diaryl/α,β-unsaturated/α-hetero) is 1. The Hall–Kier alpha value is -2.58. The first-order valence-corrected chi connectivity index (χ1v) is 10.4. The highest BCUT2D eigenvalue weighted by Crippen LogP contribution is 2.44. The van der Waals surface area contributed by atoms with Crippen molar-refractivity contribution >= 4 is 23.5 Å². The number of methoxy groups -OCH3 is 1. The van der Waals surface area contributed by atoms with Crippen molar-refractivity contribution in [2.45, 2.75) is 20.1 Å². The van der Waals surface area contributed by atoms with Gasteiger partial charge < -0.3 is 23.7 Å². The zero-order valence-electron chi connectivity index (χ0n) is 17.3. The van der Waals surface area contributed by atoms with Crippen LogP contribution in [0.4, 0.5) is 0 Å². The largest absolute Gasteiger partial charge is 0.477 e. The molecule has 2 aromatic rings. The number of benzene rings is 2. The van der Waals surface area contributed by atoms with Gasteiger partial charge in [-0.2, -0.15) is 0 Å². The van der Waals surface area contributed by atoms with Gasteiger partial charge in [0.1, 0.15) is 24.0 Å². The summed E-state index contributed by atoms with van der Waals surface area (Å²) in [5, 5.41) is 0.541. The minimum Gasteiger partial charge on any atom is -0.477 e. The van der Waals surface area contributed by atoms with Crippen molar-refractivity contribution < 1.29 is 28.5 Å². The Kier molecular flexibility index (Phi) is 5.35. The van der Waals surface area contributed by atoms with Crippen molar-refractivity contribution in [3.63, 3.8) is 0 Å². The Morgan fingerprint density at radius 1 is 1.16 bits per heavy atom. The van der Waals surface area contributed by atoms with E-state index in [2.05, 4.69) is 4.90 Å². The minimum atomic E-state index is -0.171. The molecule has 3 aliphatic rings. The second-order valence-corrected chi connectivity index (χ2v) is 8.16. The Morgan fingerprint density at radius 2 is 2.03 bits per heavy atom. The van der Waals surface area contributed by atoms with Gasteiger partial charge >= 0.3 is 0 Å². The molecule has 0 radical (unpaired) electrons. The van der Waals surface area contributed by atoms with Crippen molar-refractivity contribution in [2.75, 3.05) is 33.8 Å². The lowest BCUT2D eigenvalue weighted by molar-refractivity contribution is -0.0165. The lowest BCUT2D eigenvalue weighted by atomic mass is 9.99. The van der Waals surface area contributed by atoms with Crippen LogP contribution in [0.5, 0.6) is 17.2 Å². The van der Waals surface area contributed by atoms with Gasteiger partial charge in [-0.3, -0.25) is 9.69 Å². The first-order chi connectivity index (χ1) is 15.0. The fraction of sp³-hybridized carbons (Fsp3) is 0.348. The number of carbonyl (C=O) groups excluding carboxylic acids is 1. The van der Waals surface area contributed by atoms with E-state index in [0.29, 0.717) is 54.1 Å². The third-order valence-corrected chi connectivity index (χ3v) is 5.82. The highest BCUT2D eigenvalue weighted by molar-refractivity contribution is 6.31. The topological polar surface area (TPSA) is 66.5 Å². The van der Waals surface area contributed by atoms with Gasteiger partial charge in [0.2, 0.25) is 5.78 Å². The van der Waals surface area contributed by atoms with Crippen molar-refractivity contribution in [2.24, 2.45) is 0 Å². The molecule has 3 heterocycles. The number of carbonyl (C=O) groups is 1. The summed E-state index contributed by atoms with van der Waals surface area (Å²) in [6, 6.07) is 5.43. The maximum atomic E-state index is 13.2. The molecule has 2 aromatic carbocycles. The van der Waals surface area contributed by atoms with Gasteiger partial charge in [-0.05, 0) is 31.2 Å². The second kappa shape index (κ2) is 8.16. The summed E-state index contributed by atoms with van der Waals surface area (Å²) in [5.41, 5.74) is 3.86. The van der Waals surface area contributed by atoms with E-state index in [-0.39, 0.29) is 18.3 Å². The molecule has 5 rings (SSSR count). The van der Waals surface area contributed by atoms with Gasteiger partial charge in [0, 0.05) is 47.5 Å². The first-order valence-electron chi connectivity index (χ1n) is 10.0. The number of fused-ring (bicyclic) bond motifs is 3. The molecule has 0 saturated heterocycles. The van der Waals surface area contributed by atoms with Crippen LogP contribution in [0.2, 0.25) is 5.02 Å². The molecular formula is C23H22ClNO6. The zero-order chi connectivity index (χ0) is 21.5. The van der Waals surface area contributed by atoms with Gasteiger partial charge in [-0.25, -0.2) is 0 Å². The van der Waals surface area contributed by atoms with Gasteiger partial charge in [0.25, 0.3) is 0 Å². The SMILES string of the molecule is COCCN1COc2c(cc3c(c2C)O/C(=C\c2cc(Cl)cc4c2OCOC4)C3=O)C1. The van der Waals surface area contributed by atoms with E-state index in [0.717, 1.165) is 29.0 Å². The Bertz CT molecular complexity index is 1100. The summed E-state index contributed by atoms with van der Waals surface area (Å²) >= 11 is 6.26. The predicted molar refractivity (Wildman–Crippen MR) is 114 cm³/mol. The standard InChI is InChI=1S/C23H22ClNO6/c1-13-21-15(9-25(11-29-21)3-4-27-2)7-18-20(26)19(31-22(13)18)8-14-5-17(24)6-16-10-28-12-30-23(14)16/h5-8H,3-4,9-12H2,1-2H3/b19-8-. The molecule has 0 unspecified atom stereocenters. The highest BCUT2D eigenvalue weighted by Gasteiger charge is 2.34. The van der Waals surface area contributed by atoms with E-state index in [4.69, 9.17) is 35.3 Å². The number of ether oxygens (including phenoxy) is 5. The van der Waals surface area contributed by atoms with Crippen LogP contribution in [0.15, 0.2) is 24.0 Å². The number of ketones is 1. The van der Waals surface area contributed by atoms with E-state index in [9.17, 15) is 4.79 Å². The summed E-state index contributed by atoms with van der Waals surface area (Å²) in [4.78, 5) is 15.3. The van der Waals surface area contributed by atoms with Crippen LogP contribution >= 0.6 is 11.6 Å². The van der Waals surface area contributed by atoms with Crippen LogP contribution in [0.1, 0.15) is 32.6 Å². The molecule has 0 aliphatic carbocycles. The molecule has 162 valence electrons. The third kappa shape index (κ3) is 3.68. The fourth-order valence-electron chi connectivity index (χ4n) is 4.12. The van der Waals surface area contributed by atoms with Crippen LogP contribution in [0.3, 0.4) is 0 Å². The van der Waals surface area contributed by atoms with Crippen LogP contribution in [-0.2, 0) is 22.6 Å². The number of halogens is 1. The summed E-state index contributed by atoms with van der Waals surface area (Å²) in [7, 11) is 1.68. The molecule has 0 saturated carbocycles. The Balaban J connectivity index is 1.49. The highest BCUT2D eigenvalue weighted by atomic mass is 35.5. The molecule has 0 atom stereocenters. The molecular weight excluding hydrogens is 422 g/mol. The summed E-state index contributed by atoms with van der Waals surface area (Å²) in [5.74, 6) is 2.04. The predicted octanol–water partition coefficient (Wildman–Crippen LogP) is 3.93. The molecule has 0 amide bonds. The van der Waals surface area contributed by atoms with Crippen LogP contribution < -0.4 is 14.2 Å². The molecule has 31 heavy (non-hydrogen) atoms. The number of hydrogen-bond donors (Lipinski definition) is 0. The van der Waals surface area contributed by atoms with Gasteiger partial charge in [-0.15, -0.1) is 0 Å².